The molecule has 0 aromatic heterocycles. The molecule has 0 saturated heterocycles. The minimum absolute atomic E-state index is 0.0647. The molecule has 3 atom stereocenters. The molecule has 0 aliphatic rings. The fourth-order valence-electron chi connectivity index (χ4n) is 8.05. The summed E-state index contributed by atoms with van der Waals surface area (Å²) in [6.07, 6.45) is 45.0. The van der Waals surface area contributed by atoms with Crippen molar-refractivity contribution in [3.05, 3.63) is 0 Å². The zero-order valence-electron chi connectivity index (χ0n) is 41.3. The van der Waals surface area contributed by atoms with Crippen LogP contribution in [0.5, 0.6) is 0 Å². The van der Waals surface area contributed by atoms with E-state index in [1.807, 2.05) is 0 Å². The van der Waals surface area contributed by atoms with Crippen LogP contribution in [0.15, 0.2) is 0 Å². The largest absolute Gasteiger partial charge is 0.462 e. The van der Waals surface area contributed by atoms with Gasteiger partial charge in [-0.2, -0.15) is 0 Å². The van der Waals surface area contributed by atoms with Gasteiger partial charge in [0.15, 0.2) is 6.10 Å². The van der Waals surface area contributed by atoms with Crippen molar-refractivity contribution in [2.45, 2.75) is 298 Å². The Morgan fingerprint density at radius 3 is 0.867 bits per heavy atom. The Kier molecular flexibility index (Phi) is 44.2. The molecular weight excluding hydrogens is 745 g/mol. The summed E-state index contributed by atoms with van der Waals surface area (Å²) in [5.74, 6) is 1.71. The zero-order chi connectivity index (χ0) is 44.2. The van der Waals surface area contributed by atoms with Gasteiger partial charge in [-0.15, -0.1) is 0 Å². The molecule has 6 heteroatoms. The number of carbonyl (C=O) groups excluding carboxylic acids is 3. The van der Waals surface area contributed by atoms with Crippen molar-refractivity contribution in [1.29, 1.82) is 0 Å². The summed E-state index contributed by atoms with van der Waals surface area (Å²) in [5.41, 5.74) is 0. The smallest absolute Gasteiger partial charge is 0.306 e. The summed E-state index contributed by atoms with van der Waals surface area (Å²) in [5, 5.41) is 0. The maximum atomic E-state index is 12.8. The Labute approximate surface area is 374 Å². The Balaban J connectivity index is 4.34. The van der Waals surface area contributed by atoms with Gasteiger partial charge in [0, 0.05) is 19.3 Å². The monoisotopic (exact) mass is 849 g/mol. The highest BCUT2D eigenvalue weighted by Crippen LogP contribution is 2.18. The molecule has 0 fully saturated rings. The first kappa shape index (κ1) is 58.4. The Bertz CT molecular complexity index is 933. The lowest BCUT2D eigenvalue weighted by Gasteiger charge is -2.18. The van der Waals surface area contributed by atoms with Crippen molar-refractivity contribution in [3.63, 3.8) is 0 Å². The van der Waals surface area contributed by atoms with E-state index in [0.717, 1.165) is 75.5 Å². The van der Waals surface area contributed by atoms with E-state index >= 15 is 0 Å². The van der Waals surface area contributed by atoms with Gasteiger partial charge in [-0.05, 0) is 37.0 Å². The number of rotatable bonds is 47. The summed E-state index contributed by atoms with van der Waals surface area (Å²) < 4.78 is 16.8. The molecule has 0 radical (unpaired) electrons. The average molecular weight is 849 g/mol. The zero-order valence-corrected chi connectivity index (χ0v) is 41.3. The molecule has 0 rings (SSSR count). The molecule has 2 unspecified atom stereocenters. The number of unbranched alkanes of at least 4 members (excludes halogenated alkanes) is 28. The van der Waals surface area contributed by atoms with Gasteiger partial charge in [-0.3, -0.25) is 14.4 Å². The van der Waals surface area contributed by atoms with Crippen molar-refractivity contribution in [3.8, 4) is 0 Å². The first-order chi connectivity index (χ1) is 29.2. The van der Waals surface area contributed by atoms with Crippen LogP contribution >= 0.6 is 0 Å². The van der Waals surface area contributed by atoms with E-state index in [1.165, 1.54) is 173 Å². The van der Waals surface area contributed by atoms with Crippen LogP contribution in [0.1, 0.15) is 292 Å². The van der Waals surface area contributed by atoms with Crippen LogP contribution in [0.3, 0.4) is 0 Å². The third-order valence-corrected chi connectivity index (χ3v) is 12.9. The normalized spacial score (nSPS) is 13.1. The second kappa shape index (κ2) is 45.4. The van der Waals surface area contributed by atoms with Gasteiger partial charge in [0.05, 0.1) is 0 Å². The predicted octanol–water partition coefficient (Wildman–Crippen LogP) is 17.2. The van der Waals surface area contributed by atoms with Crippen LogP contribution in [0, 0.1) is 17.8 Å². The molecule has 0 heterocycles. The molecule has 0 aliphatic carbocycles. The first-order valence-corrected chi connectivity index (χ1v) is 26.7. The van der Waals surface area contributed by atoms with Gasteiger partial charge in [0.25, 0.3) is 0 Å². The Hall–Kier alpha value is -1.59. The number of esters is 3. The lowest BCUT2D eigenvalue weighted by molar-refractivity contribution is -0.167. The molecule has 0 aromatic carbocycles. The van der Waals surface area contributed by atoms with Crippen LogP contribution in [0.25, 0.3) is 0 Å². The summed E-state index contributed by atoms with van der Waals surface area (Å²) >= 11 is 0. The summed E-state index contributed by atoms with van der Waals surface area (Å²) in [4.78, 5) is 38.0. The predicted molar refractivity (Wildman–Crippen MR) is 256 cm³/mol. The van der Waals surface area contributed by atoms with Gasteiger partial charge in [-0.25, -0.2) is 0 Å². The Morgan fingerprint density at radius 1 is 0.333 bits per heavy atom. The van der Waals surface area contributed by atoms with E-state index in [9.17, 15) is 14.4 Å². The number of carbonyl (C=O) groups is 3. The summed E-state index contributed by atoms with van der Waals surface area (Å²) in [7, 11) is 0. The second-order valence-corrected chi connectivity index (χ2v) is 19.5. The van der Waals surface area contributed by atoms with Gasteiger partial charge < -0.3 is 14.2 Å². The van der Waals surface area contributed by atoms with E-state index in [1.54, 1.807) is 0 Å². The molecule has 0 N–H and O–H groups in total. The fourth-order valence-corrected chi connectivity index (χ4v) is 8.05. The van der Waals surface area contributed by atoms with Crippen LogP contribution in [-0.4, -0.2) is 37.2 Å². The number of ether oxygens (including phenoxy) is 3. The van der Waals surface area contributed by atoms with E-state index in [-0.39, 0.29) is 31.1 Å². The van der Waals surface area contributed by atoms with E-state index < -0.39 is 6.10 Å². The second-order valence-electron chi connectivity index (χ2n) is 19.5. The third-order valence-electron chi connectivity index (χ3n) is 12.9. The van der Waals surface area contributed by atoms with Crippen LogP contribution < -0.4 is 0 Å². The maximum absolute atomic E-state index is 12.8. The topological polar surface area (TPSA) is 78.9 Å². The lowest BCUT2D eigenvalue weighted by atomic mass is 9.99. The molecule has 0 bridgehead atoms. The van der Waals surface area contributed by atoms with Crippen molar-refractivity contribution in [1.82, 2.24) is 0 Å². The van der Waals surface area contributed by atoms with Gasteiger partial charge in [0.1, 0.15) is 13.2 Å². The highest BCUT2D eigenvalue weighted by molar-refractivity contribution is 5.71. The molecule has 0 amide bonds. The van der Waals surface area contributed by atoms with Gasteiger partial charge in [-0.1, -0.05) is 253 Å². The van der Waals surface area contributed by atoms with Crippen LogP contribution in [0.2, 0.25) is 0 Å². The summed E-state index contributed by atoms with van der Waals surface area (Å²) in [6, 6.07) is 0. The quantitative estimate of drug-likeness (QED) is 0.0345. The van der Waals surface area contributed by atoms with Gasteiger partial charge >= 0.3 is 17.9 Å². The molecular formula is C54H104O6. The minimum Gasteiger partial charge on any atom is -0.462 e. The van der Waals surface area contributed by atoms with E-state index in [2.05, 4.69) is 41.5 Å². The van der Waals surface area contributed by atoms with E-state index in [4.69, 9.17) is 14.2 Å². The van der Waals surface area contributed by atoms with Crippen molar-refractivity contribution in [2.24, 2.45) is 17.8 Å². The Morgan fingerprint density at radius 2 is 0.583 bits per heavy atom. The van der Waals surface area contributed by atoms with Gasteiger partial charge in [0.2, 0.25) is 0 Å². The molecule has 0 aromatic rings. The highest BCUT2D eigenvalue weighted by Gasteiger charge is 2.19. The number of hydrogen-bond donors (Lipinski definition) is 0. The molecule has 0 saturated carbocycles. The third kappa shape index (κ3) is 44.5. The number of hydrogen-bond acceptors (Lipinski definition) is 6. The molecule has 0 spiro atoms. The average Bonchev–Trinajstić information content (AvgIpc) is 3.23. The first-order valence-electron chi connectivity index (χ1n) is 26.7. The fraction of sp³-hybridized carbons (Fsp3) is 0.944. The van der Waals surface area contributed by atoms with Crippen molar-refractivity contribution in [2.75, 3.05) is 13.2 Å². The van der Waals surface area contributed by atoms with E-state index in [0.29, 0.717) is 19.3 Å². The molecule has 0 aliphatic heterocycles. The summed E-state index contributed by atoms with van der Waals surface area (Å²) in [6.45, 7) is 13.8. The van der Waals surface area contributed by atoms with Crippen molar-refractivity contribution >= 4 is 17.9 Å². The SMILES string of the molecule is CCC(C)CCCCCCCCCCCCC(=O)OC[C@@H](COC(=O)CCCCCCCCCCCCCC(C)C)OC(=O)CCCCCCCCCCCCC(C)CC. The highest BCUT2D eigenvalue weighted by atomic mass is 16.6. The van der Waals surface area contributed by atoms with Crippen LogP contribution in [0.4, 0.5) is 0 Å². The van der Waals surface area contributed by atoms with Crippen LogP contribution in [-0.2, 0) is 28.6 Å². The molecule has 60 heavy (non-hydrogen) atoms. The molecule has 356 valence electrons. The maximum Gasteiger partial charge on any atom is 0.306 e. The lowest BCUT2D eigenvalue weighted by Crippen LogP contribution is -2.30. The van der Waals surface area contributed by atoms with Crippen molar-refractivity contribution < 1.29 is 28.6 Å². The molecule has 6 nitrogen and oxygen atoms in total. The minimum atomic E-state index is -0.763. The standard InChI is InChI=1S/C54H104O6/c1-7-49(5)41-35-29-23-17-12-14-20-26-32-38-44-53(56)59-47-51(60-54(57)45-39-33-27-21-15-13-18-24-30-36-42-50(6)8-2)46-58-52(55)43-37-31-25-19-11-9-10-16-22-28-34-40-48(3)4/h48-51H,7-47H2,1-6H3/t49?,50?,51-/m1/s1.